The van der Waals surface area contributed by atoms with Crippen molar-refractivity contribution in [2.24, 2.45) is 0 Å². The Bertz CT molecular complexity index is 1520. The van der Waals surface area contributed by atoms with Crippen molar-refractivity contribution < 1.29 is 0 Å². The zero-order valence-corrected chi connectivity index (χ0v) is 16.7. The van der Waals surface area contributed by atoms with E-state index in [2.05, 4.69) is 73.0 Å². The summed E-state index contributed by atoms with van der Waals surface area (Å²) in [6, 6.07) is 22.4. The van der Waals surface area contributed by atoms with E-state index < -0.39 is 0 Å². The van der Waals surface area contributed by atoms with Crippen molar-refractivity contribution in [1.29, 1.82) is 0 Å². The molecule has 0 saturated carbocycles. The molecule has 0 atom stereocenters. The number of hydrogen-bond acceptors (Lipinski definition) is 2. The predicted octanol–water partition coefficient (Wildman–Crippen LogP) is 7.62. The molecule has 1 aliphatic rings. The molecule has 0 aliphatic heterocycles. The maximum Gasteiger partial charge on any atom is 0.0445 e. The number of thiophene rings is 2. The van der Waals surface area contributed by atoms with Crippen LogP contribution in [0.15, 0.2) is 66.0 Å². The highest BCUT2D eigenvalue weighted by Crippen LogP contribution is 2.41. The fourth-order valence-corrected chi connectivity index (χ4v) is 6.79. The number of aryl methyl sites for hydroxylation is 1. The molecule has 0 bridgehead atoms. The van der Waals surface area contributed by atoms with E-state index >= 15 is 0 Å². The lowest BCUT2D eigenvalue weighted by molar-refractivity contribution is 0.941. The first-order valence-corrected chi connectivity index (χ1v) is 11.2. The van der Waals surface area contributed by atoms with E-state index in [4.69, 9.17) is 0 Å². The van der Waals surface area contributed by atoms with Crippen molar-refractivity contribution in [3.05, 3.63) is 91.8 Å². The normalized spacial score (nSPS) is 12.2. The Morgan fingerprint density at radius 1 is 0.778 bits per heavy atom. The maximum atomic E-state index is 2.45. The number of fused-ring (bicyclic) bond motifs is 7. The highest BCUT2D eigenvalue weighted by Gasteiger charge is 2.17. The van der Waals surface area contributed by atoms with Gasteiger partial charge in [-0.25, -0.2) is 0 Å². The second-order valence-electron chi connectivity index (χ2n) is 7.21. The van der Waals surface area contributed by atoms with Crippen LogP contribution in [0.3, 0.4) is 0 Å². The average molecular weight is 383 g/mol. The molecule has 1 aliphatic carbocycles. The fourth-order valence-electron chi connectivity index (χ4n) is 4.47. The van der Waals surface area contributed by atoms with Gasteiger partial charge in [0.1, 0.15) is 0 Å². The molecule has 0 fully saturated rings. The van der Waals surface area contributed by atoms with Gasteiger partial charge in [-0.1, -0.05) is 61.9 Å². The van der Waals surface area contributed by atoms with E-state index in [0.717, 1.165) is 0 Å². The summed E-state index contributed by atoms with van der Waals surface area (Å²) in [5.41, 5.74) is 2.67. The second kappa shape index (κ2) is 5.79. The van der Waals surface area contributed by atoms with Crippen molar-refractivity contribution in [3.8, 4) is 11.1 Å². The molecule has 0 radical (unpaired) electrons. The summed E-state index contributed by atoms with van der Waals surface area (Å²) in [5, 5.41) is 11.0. The van der Waals surface area contributed by atoms with Crippen LogP contribution in [0.1, 0.15) is 18.2 Å². The standard InChI is InChI=1S/C25H18S2/c1-2-7-16-14-20-24-19(12-13-26-24)22-21-17(15-8-4-3-5-9-15)10-6-11-18(21)23(22)25(20)27-16/h3-6,8-14H,2,7H2,1H3. The van der Waals surface area contributed by atoms with E-state index in [-0.39, 0.29) is 0 Å². The quantitative estimate of drug-likeness (QED) is 0.295. The van der Waals surface area contributed by atoms with Crippen LogP contribution >= 0.6 is 22.7 Å². The van der Waals surface area contributed by atoms with Crippen LogP contribution in [-0.2, 0) is 6.42 Å². The topological polar surface area (TPSA) is 0 Å². The second-order valence-corrected chi connectivity index (χ2v) is 9.27. The minimum Gasteiger partial charge on any atom is -0.143 e. The predicted molar refractivity (Wildman–Crippen MR) is 118 cm³/mol. The molecule has 0 unspecified atom stereocenters. The van der Waals surface area contributed by atoms with Gasteiger partial charge in [-0.05, 0) is 45.5 Å². The third-order valence-corrected chi connectivity index (χ3v) is 7.76. The van der Waals surface area contributed by atoms with E-state index in [1.54, 1.807) is 0 Å². The molecule has 5 aromatic rings. The van der Waals surface area contributed by atoms with Gasteiger partial charge in [0.15, 0.2) is 0 Å². The molecule has 2 aromatic heterocycles. The van der Waals surface area contributed by atoms with Crippen molar-refractivity contribution in [1.82, 2.24) is 0 Å². The smallest absolute Gasteiger partial charge is 0.0445 e. The van der Waals surface area contributed by atoms with Crippen LogP contribution in [0.5, 0.6) is 0 Å². The Hall–Kier alpha value is -2.42. The van der Waals surface area contributed by atoms with Crippen LogP contribution in [-0.4, -0.2) is 0 Å². The summed E-state index contributed by atoms with van der Waals surface area (Å²) in [5.74, 6) is 0. The Balaban J connectivity index is 1.85. The van der Waals surface area contributed by atoms with Gasteiger partial charge in [-0.3, -0.25) is 0 Å². The monoisotopic (exact) mass is 382 g/mol. The van der Waals surface area contributed by atoms with Crippen LogP contribution in [0.4, 0.5) is 0 Å². The highest BCUT2D eigenvalue weighted by molar-refractivity contribution is 7.22. The van der Waals surface area contributed by atoms with Gasteiger partial charge < -0.3 is 0 Å². The Morgan fingerprint density at radius 2 is 1.67 bits per heavy atom. The lowest BCUT2D eigenvalue weighted by atomic mass is 9.91. The molecular formula is C25H18S2. The maximum absolute atomic E-state index is 2.45. The van der Waals surface area contributed by atoms with Crippen molar-refractivity contribution in [2.75, 3.05) is 0 Å². The molecule has 130 valence electrons. The molecule has 2 heteroatoms. The molecule has 0 spiro atoms. The van der Waals surface area contributed by atoms with Gasteiger partial charge >= 0.3 is 0 Å². The van der Waals surface area contributed by atoms with E-state index in [1.165, 1.54) is 69.9 Å². The minimum absolute atomic E-state index is 1.18. The SMILES string of the molecule is CCCc1cc2c(s1)c1c(c3ccsc32)=c2c(-c3ccccc3)cccc2=1. The minimum atomic E-state index is 1.18. The van der Waals surface area contributed by atoms with Crippen LogP contribution < -0.4 is 0 Å². The fraction of sp³-hybridized carbons (Fsp3) is 0.120. The molecule has 0 nitrogen and oxygen atoms in total. The van der Waals surface area contributed by atoms with Crippen LogP contribution in [0.2, 0.25) is 0 Å². The third-order valence-electron chi connectivity index (χ3n) is 5.60. The van der Waals surface area contributed by atoms with E-state index in [1.807, 2.05) is 22.7 Å². The van der Waals surface area contributed by atoms with Gasteiger partial charge in [-0.15, -0.1) is 22.7 Å². The van der Waals surface area contributed by atoms with E-state index in [0.29, 0.717) is 0 Å². The third kappa shape index (κ3) is 2.08. The molecular weight excluding hydrogens is 364 g/mol. The Labute approximate surface area is 165 Å². The first kappa shape index (κ1) is 15.6. The molecule has 6 rings (SSSR count). The lowest BCUT2D eigenvalue weighted by Gasteiger charge is -2.12. The van der Waals surface area contributed by atoms with Gasteiger partial charge in [0, 0.05) is 35.5 Å². The molecule has 27 heavy (non-hydrogen) atoms. The number of hydrogen-bond donors (Lipinski definition) is 0. The van der Waals surface area contributed by atoms with Gasteiger partial charge in [-0.2, -0.15) is 0 Å². The summed E-state index contributed by atoms with van der Waals surface area (Å²) in [7, 11) is 0. The van der Waals surface area contributed by atoms with Gasteiger partial charge in [0.05, 0.1) is 0 Å². The zero-order valence-electron chi connectivity index (χ0n) is 15.1. The number of rotatable bonds is 3. The summed E-state index contributed by atoms with van der Waals surface area (Å²) in [6.45, 7) is 2.27. The summed E-state index contributed by atoms with van der Waals surface area (Å²) < 4.78 is 2.94. The van der Waals surface area contributed by atoms with Crippen molar-refractivity contribution in [2.45, 2.75) is 19.8 Å². The summed E-state index contributed by atoms with van der Waals surface area (Å²) >= 11 is 3.89. The average Bonchev–Trinajstić information content (AvgIpc) is 3.31. The first-order valence-electron chi connectivity index (χ1n) is 9.51. The van der Waals surface area contributed by atoms with Gasteiger partial charge in [0.2, 0.25) is 0 Å². The molecule has 3 aromatic carbocycles. The van der Waals surface area contributed by atoms with Crippen molar-refractivity contribution in [3.63, 3.8) is 0 Å². The lowest BCUT2D eigenvalue weighted by Crippen LogP contribution is -1.95. The largest absolute Gasteiger partial charge is 0.143 e. The van der Waals surface area contributed by atoms with Crippen LogP contribution in [0, 0.1) is 20.9 Å². The molecule has 2 heterocycles. The van der Waals surface area contributed by atoms with E-state index in [9.17, 15) is 0 Å². The zero-order chi connectivity index (χ0) is 18.0. The molecule has 0 N–H and O–H groups in total. The van der Waals surface area contributed by atoms with Gasteiger partial charge in [0.25, 0.3) is 0 Å². The Kier molecular flexibility index (Phi) is 3.35. The highest BCUT2D eigenvalue weighted by atomic mass is 32.1. The molecule has 0 amide bonds. The summed E-state index contributed by atoms with van der Waals surface area (Å²) in [4.78, 5) is 1.52. The molecule has 0 saturated heterocycles. The van der Waals surface area contributed by atoms with Crippen LogP contribution in [0.25, 0.3) is 31.3 Å². The Morgan fingerprint density at radius 3 is 2.52 bits per heavy atom. The summed E-state index contributed by atoms with van der Waals surface area (Å²) in [6.07, 6.45) is 2.38. The van der Waals surface area contributed by atoms with Crippen molar-refractivity contribution >= 4 is 42.8 Å². The first-order chi connectivity index (χ1) is 13.4. The number of benzene rings is 3.